The first-order chi connectivity index (χ1) is 14.5. The van der Waals surface area contributed by atoms with Gasteiger partial charge in [-0.05, 0) is 60.4 Å². The zero-order chi connectivity index (χ0) is 21.4. The highest BCUT2D eigenvalue weighted by molar-refractivity contribution is 5.80. The molecule has 0 bridgehead atoms. The number of nitrogens with zero attached hydrogens (tertiary/aromatic N) is 3. The predicted octanol–water partition coefficient (Wildman–Crippen LogP) is 4.41. The summed E-state index contributed by atoms with van der Waals surface area (Å²) in [5, 5.41) is 20.9. The van der Waals surface area contributed by atoms with Crippen LogP contribution in [0.2, 0.25) is 0 Å². The smallest absolute Gasteiger partial charge is 0.269 e. The zero-order valence-corrected chi connectivity index (χ0v) is 17.0. The third-order valence-electron chi connectivity index (χ3n) is 5.68. The number of methoxy groups -OCH3 is 2. The molecule has 0 fully saturated rings. The number of non-ortho nitro benzene ring substituents is 1. The molecule has 1 atom stereocenters. The zero-order valence-electron chi connectivity index (χ0n) is 17.0. The van der Waals surface area contributed by atoms with Crippen LogP contribution in [0.4, 0.5) is 5.69 Å². The van der Waals surface area contributed by atoms with Crippen molar-refractivity contribution >= 4 is 11.4 Å². The molecule has 0 radical (unpaired) electrons. The molecule has 0 aliphatic carbocycles. The van der Waals surface area contributed by atoms with Gasteiger partial charge in [0.1, 0.15) is 6.07 Å². The van der Waals surface area contributed by atoms with Gasteiger partial charge < -0.3 is 14.4 Å². The SMILES string of the molecule is COc1cc2c(cc1OC)C1=C(C#N)C=C(C)C(c3ccc([N+](=O)[O-])cc3)N1CC2. The van der Waals surface area contributed by atoms with Crippen molar-refractivity contribution in [1.82, 2.24) is 4.90 Å². The Labute approximate surface area is 174 Å². The molecule has 7 nitrogen and oxygen atoms in total. The molecule has 0 aromatic heterocycles. The molecule has 30 heavy (non-hydrogen) atoms. The van der Waals surface area contributed by atoms with Crippen molar-refractivity contribution in [3.05, 3.63) is 80.4 Å². The van der Waals surface area contributed by atoms with Gasteiger partial charge >= 0.3 is 0 Å². The highest BCUT2D eigenvalue weighted by Gasteiger charge is 2.35. The van der Waals surface area contributed by atoms with Crippen LogP contribution in [0.3, 0.4) is 0 Å². The molecular weight excluding hydrogens is 382 g/mol. The second-order valence-electron chi connectivity index (χ2n) is 7.32. The average Bonchev–Trinajstić information content (AvgIpc) is 2.77. The summed E-state index contributed by atoms with van der Waals surface area (Å²) < 4.78 is 10.9. The third-order valence-corrected chi connectivity index (χ3v) is 5.68. The van der Waals surface area contributed by atoms with E-state index >= 15 is 0 Å². The van der Waals surface area contributed by atoms with E-state index in [9.17, 15) is 15.4 Å². The molecule has 1 unspecified atom stereocenters. The summed E-state index contributed by atoms with van der Waals surface area (Å²) in [6, 6.07) is 12.8. The van der Waals surface area contributed by atoms with E-state index in [2.05, 4.69) is 11.0 Å². The Hall–Kier alpha value is -3.79. The highest BCUT2D eigenvalue weighted by Crippen LogP contribution is 2.46. The molecular formula is C23H21N3O4. The van der Waals surface area contributed by atoms with Crippen LogP contribution in [0.25, 0.3) is 5.70 Å². The molecule has 0 amide bonds. The van der Waals surface area contributed by atoms with E-state index in [0.717, 1.165) is 40.9 Å². The number of hydrogen-bond acceptors (Lipinski definition) is 6. The predicted molar refractivity (Wildman–Crippen MR) is 112 cm³/mol. The molecule has 2 heterocycles. The largest absolute Gasteiger partial charge is 0.493 e. The summed E-state index contributed by atoms with van der Waals surface area (Å²) in [6.07, 6.45) is 2.69. The topological polar surface area (TPSA) is 88.6 Å². The Morgan fingerprint density at radius 3 is 2.43 bits per heavy atom. The maximum Gasteiger partial charge on any atom is 0.269 e. The van der Waals surface area contributed by atoms with E-state index in [4.69, 9.17) is 9.47 Å². The summed E-state index contributed by atoms with van der Waals surface area (Å²) in [4.78, 5) is 12.8. The van der Waals surface area contributed by atoms with Crippen molar-refractivity contribution in [2.45, 2.75) is 19.4 Å². The second-order valence-corrected chi connectivity index (χ2v) is 7.32. The van der Waals surface area contributed by atoms with Crippen LogP contribution in [-0.2, 0) is 6.42 Å². The summed E-state index contributed by atoms with van der Waals surface area (Å²) in [6.45, 7) is 2.71. The van der Waals surface area contributed by atoms with E-state index < -0.39 is 4.92 Å². The van der Waals surface area contributed by atoms with E-state index in [0.29, 0.717) is 17.1 Å². The van der Waals surface area contributed by atoms with Crippen molar-refractivity contribution in [3.8, 4) is 17.6 Å². The van der Waals surface area contributed by atoms with Gasteiger partial charge in [-0.1, -0.05) is 0 Å². The van der Waals surface area contributed by atoms with Gasteiger partial charge in [0.15, 0.2) is 11.5 Å². The van der Waals surface area contributed by atoms with Gasteiger partial charge in [0.25, 0.3) is 5.69 Å². The molecule has 4 rings (SSSR count). The molecule has 152 valence electrons. The van der Waals surface area contributed by atoms with Gasteiger partial charge in [0.05, 0.1) is 36.5 Å². The Morgan fingerprint density at radius 2 is 1.83 bits per heavy atom. The Bertz CT molecular complexity index is 1130. The fourth-order valence-electron chi connectivity index (χ4n) is 4.34. The van der Waals surface area contributed by atoms with Crippen LogP contribution in [0.5, 0.6) is 11.5 Å². The fraction of sp³-hybridized carbons (Fsp3) is 0.261. The van der Waals surface area contributed by atoms with Crippen molar-refractivity contribution in [2.24, 2.45) is 0 Å². The number of nitro groups is 1. The first-order valence-corrected chi connectivity index (χ1v) is 9.57. The number of nitriles is 1. The molecule has 0 spiro atoms. The van der Waals surface area contributed by atoms with Gasteiger partial charge in [0.2, 0.25) is 0 Å². The number of nitro benzene ring substituents is 1. The van der Waals surface area contributed by atoms with E-state index in [1.807, 2.05) is 25.1 Å². The van der Waals surface area contributed by atoms with Crippen LogP contribution in [0.1, 0.15) is 29.7 Å². The van der Waals surface area contributed by atoms with Crippen molar-refractivity contribution < 1.29 is 14.4 Å². The second kappa shape index (κ2) is 7.56. The molecule has 2 aliphatic heterocycles. The lowest BCUT2D eigenvalue weighted by Crippen LogP contribution is -2.36. The molecule has 0 saturated carbocycles. The van der Waals surface area contributed by atoms with Crippen LogP contribution in [-0.4, -0.2) is 30.6 Å². The number of allylic oxidation sites excluding steroid dienone is 2. The van der Waals surface area contributed by atoms with Crippen LogP contribution in [0, 0.1) is 21.4 Å². The van der Waals surface area contributed by atoms with Crippen LogP contribution >= 0.6 is 0 Å². The van der Waals surface area contributed by atoms with Gasteiger partial charge in [-0.2, -0.15) is 5.26 Å². The number of rotatable bonds is 4. The maximum atomic E-state index is 11.0. The number of fused-ring (bicyclic) bond motifs is 3. The summed E-state index contributed by atoms with van der Waals surface area (Å²) in [5.41, 5.74) is 5.53. The van der Waals surface area contributed by atoms with E-state index in [-0.39, 0.29) is 11.7 Å². The molecule has 0 saturated heterocycles. The lowest BCUT2D eigenvalue weighted by molar-refractivity contribution is -0.384. The Kier molecular flexibility index (Phi) is 4.92. The quantitative estimate of drug-likeness (QED) is 0.555. The van der Waals surface area contributed by atoms with Crippen LogP contribution in [0.15, 0.2) is 53.6 Å². The first-order valence-electron chi connectivity index (χ1n) is 9.57. The number of benzene rings is 2. The minimum Gasteiger partial charge on any atom is -0.493 e. The van der Waals surface area contributed by atoms with Crippen molar-refractivity contribution in [2.75, 3.05) is 20.8 Å². The van der Waals surface area contributed by atoms with Crippen molar-refractivity contribution in [3.63, 3.8) is 0 Å². The molecule has 7 heteroatoms. The summed E-state index contributed by atoms with van der Waals surface area (Å²) in [5.74, 6) is 1.28. The number of ether oxygens (including phenoxy) is 2. The monoisotopic (exact) mass is 403 g/mol. The van der Waals surface area contributed by atoms with Gasteiger partial charge in [-0.25, -0.2) is 0 Å². The fourth-order valence-corrected chi connectivity index (χ4v) is 4.34. The molecule has 2 aliphatic rings. The Morgan fingerprint density at radius 1 is 1.17 bits per heavy atom. The Balaban J connectivity index is 1.85. The highest BCUT2D eigenvalue weighted by atomic mass is 16.6. The molecule has 0 N–H and O–H groups in total. The molecule has 2 aromatic carbocycles. The normalized spacial score (nSPS) is 17.5. The van der Waals surface area contributed by atoms with Crippen molar-refractivity contribution in [1.29, 1.82) is 5.26 Å². The summed E-state index contributed by atoms with van der Waals surface area (Å²) in [7, 11) is 3.20. The van der Waals surface area contributed by atoms with Gasteiger partial charge in [-0.15, -0.1) is 0 Å². The minimum atomic E-state index is -0.400. The minimum absolute atomic E-state index is 0.0606. The molecule has 2 aromatic rings. The average molecular weight is 403 g/mol. The van der Waals surface area contributed by atoms with Gasteiger partial charge in [-0.3, -0.25) is 10.1 Å². The lowest BCUT2D eigenvalue weighted by atomic mass is 9.85. The maximum absolute atomic E-state index is 11.0. The third kappa shape index (κ3) is 3.07. The number of hydrogen-bond donors (Lipinski definition) is 0. The lowest BCUT2D eigenvalue weighted by Gasteiger charge is -2.43. The standard InChI is InChI=1S/C23H21N3O4/c1-14-10-17(13-24)23-19-12-21(30-3)20(29-2)11-16(19)8-9-25(23)22(14)15-4-6-18(7-5-15)26(27)28/h4-7,10-12,22H,8-9H2,1-3H3. The van der Waals surface area contributed by atoms with Crippen LogP contribution < -0.4 is 9.47 Å². The first kappa shape index (κ1) is 19.5. The summed E-state index contributed by atoms with van der Waals surface area (Å²) >= 11 is 0. The van der Waals surface area contributed by atoms with E-state index in [1.165, 1.54) is 12.1 Å². The van der Waals surface area contributed by atoms with Gasteiger partial charge in [0, 0.05) is 24.2 Å². The van der Waals surface area contributed by atoms with E-state index in [1.54, 1.807) is 26.4 Å².